The van der Waals surface area contributed by atoms with Gasteiger partial charge in [0.15, 0.2) is 5.78 Å². The highest BCUT2D eigenvalue weighted by molar-refractivity contribution is 5.97. The molecule has 0 fully saturated rings. The van der Waals surface area contributed by atoms with Crippen LogP contribution in [0.3, 0.4) is 0 Å². The number of ether oxygens (including phenoxy) is 1. The zero-order chi connectivity index (χ0) is 22.0. The Morgan fingerprint density at radius 2 is 2.03 bits per heavy atom. The van der Waals surface area contributed by atoms with Gasteiger partial charge in [0, 0.05) is 12.0 Å². The van der Waals surface area contributed by atoms with E-state index in [1.54, 1.807) is 6.92 Å². The smallest absolute Gasteiger partial charge is 0.226 e. The third-order valence-electron chi connectivity index (χ3n) is 6.59. The number of nitrogens with zero attached hydrogens (tertiary/aromatic N) is 1. The minimum absolute atomic E-state index is 0.0524. The van der Waals surface area contributed by atoms with Gasteiger partial charge in [0.1, 0.15) is 11.5 Å². The first kappa shape index (κ1) is 21.4. The number of aryl methyl sites for hydroxylation is 2. The van der Waals surface area contributed by atoms with Crippen LogP contribution in [-0.2, 0) is 12.8 Å². The van der Waals surface area contributed by atoms with Crippen molar-refractivity contribution in [1.82, 2.24) is 4.98 Å². The highest BCUT2D eigenvalue weighted by Crippen LogP contribution is 2.42. The van der Waals surface area contributed by atoms with Gasteiger partial charge >= 0.3 is 0 Å². The number of Topliss-reactive ketones (excluding diaryl/α,β-unsaturated/α-hetero) is 1. The fraction of sp³-hybridized carbons (Fsp3) is 0.407. The van der Waals surface area contributed by atoms with Crippen LogP contribution in [0, 0.1) is 12.8 Å². The zero-order valence-corrected chi connectivity index (χ0v) is 18.9. The number of carbonyl (C=O) groups is 1. The van der Waals surface area contributed by atoms with Crippen molar-refractivity contribution in [2.45, 2.75) is 59.3 Å². The van der Waals surface area contributed by atoms with Crippen LogP contribution in [0.1, 0.15) is 72.5 Å². The summed E-state index contributed by atoms with van der Waals surface area (Å²) in [4.78, 5) is 17.0. The highest BCUT2D eigenvalue weighted by atomic mass is 16.5. The quantitative estimate of drug-likeness (QED) is 0.390. The van der Waals surface area contributed by atoms with Gasteiger partial charge in [0.05, 0.1) is 17.9 Å². The minimum Gasteiger partial charge on any atom is -0.492 e. The second-order valence-corrected chi connectivity index (χ2v) is 8.62. The average molecular weight is 418 g/mol. The van der Waals surface area contributed by atoms with E-state index in [0.29, 0.717) is 42.1 Å². The molecule has 0 amide bonds. The molecule has 0 bridgehead atoms. The molecule has 4 nitrogen and oxygen atoms in total. The standard InChI is InChI=1S/C27H31NO3/c1-5-17(2)22-12-11-21-15-26(23(18(3)29)16-24(21)22)30-14-13-25-19(4)31-27(28-25)20-9-7-6-8-10-20/h6-10,15-17,22H,5,11-14H2,1-4H3. The van der Waals surface area contributed by atoms with Crippen molar-refractivity contribution in [3.63, 3.8) is 0 Å². The van der Waals surface area contributed by atoms with Crippen molar-refractivity contribution in [1.29, 1.82) is 0 Å². The Labute approximate surface area is 184 Å². The third-order valence-corrected chi connectivity index (χ3v) is 6.59. The summed E-state index contributed by atoms with van der Waals surface area (Å²) in [6.07, 6.45) is 4.00. The maximum atomic E-state index is 12.4. The predicted octanol–water partition coefficient (Wildman–Crippen LogP) is 6.55. The van der Waals surface area contributed by atoms with Crippen LogP contribution < -0.4 is 4.74 Å². The number of benzene rings is 2. The van der Waals surface area contributed by atoms with Gasteiger partial charge in [-0.1, -0.05) is 38.5 Å². The lowest BCUT2D eigenvalue weighted by molar-refractivity contribution is 0.101. The number of carbonyl (C=O) groups excluding carboxylic acids is 1. The maximum Gasteiger partial charge on any atom is 0.226 e. The third kappa shape index (κ3) is 4.43. The molecule has 1 aliphatic carbocycles. The summed E-state index contributed by atoms with van der Waals surface area (Å²) >= 11 is 0. The summed E-state index contributed by atoms with van der Waals surface area (Å²) in [6, 6.07) is 14.1. The molecule has 4 heteroatoms. The van der Waals surface area contributed by atoms with E-state index in [2.05, 4.69) is 31.0 Å². The number of aromatic nitrogens is 1. The molecule has 1 heterocycles. The number of rotatable bonds is 8. The molecule has 4 rings (SSSR count). The summed E-state index contributed by atoms with van der Waals surface area (Å²) in [5, 5.41) is 0. The lowest BCUT2D eigenvalue weighted by Crippen LogP contribution is -2.09. The van der Waals surface area contributed by atoms with Crippen LogP contribution in [0.25, 0.3) is 11.5 Å². The molecule has 0 radical (unpaired) electrons. The Kier molecular flexibility index (Phi) is 6.26. The Morgan fingerprint density at radius 1 is 1.26 bits per heavy atom. The van der Waals surface area contributed by atoms with Gasteiger partial charge in [0.2, 0.25) is 5.89 Å². The molecule has 0 saturated heterocycles. The number of oxazole rings is 1. The first-order chi connectivity index (χ1) is 15.0. The fourth-order valence-corrected chi connectivity index (χ4v) is 4.56. The monoisotopic (exact) mass is 417 g/mol. The van der Waals surface area contributed by atoms with Crippen molar-refractivity contribution < 1.29 is 13.9 Å². The van der Waals surface area contributed by atoms with Crippen molar-refractivity contribution in [3.8, 4) is 17.2 Å². The summed E-state index contributed by atoms with van der Waals surface area (Å²) < 4.78 is 12.0. The lowest BCUT2D eigenvalue weighted by Gasteiger charge is -2.20. The van der Waals surface area contributed by atoms with Gasteiger partial charge in [0.25, 0.3) is 0 Å². The minimum atomic E-state index is 0.0524. The molecule has 2 atom stereocenters. The molecule has 2 aromatic carbocycles. The van der Waals surface area contributed by atoms with Crippen LogP contribution in [-0.4, -0.2) is 17.4 Å². The normalized spacial score (nSPS) is 16.2. The number of fused-ring (bicyclic) bond motifs is 1. The van der Waals surface area contributed by atoms with Gasteiger partial charge in [-0.25, -0.2) is 4.98 Å². The maximum absolute atomic E-state index is 12.4. The van der Waals surface area contributed by atoms with Crippen LogP contribution in [0.15, 0.2) is 46.9 Å². The number of ketones is 1. The Morgan fingerprint density at radius 3 is 2.74 bits per heavy atom. The van der Waals surface area contributed by atoms with E-state index in [0.717, 1.165) is 36.3 Å². The SMILES string of the molecule is CCC(C)C1CCc2cc(OCCc3nc(-c4ccccc4)oc3C)c(C(C)=O)cc21. The van der Waals surface area contributed by atoms with Crippen molar-refractivity contribution in [3.05, 3.63) is 70.6 Å². The second-order valence-electron chi connectivity index (χ2n) is 8.62. The second kappa shape index (κ2) is 9.09. The van der Waals surface area contributed by atoms with Gasteiger partial charge < -0.3 is 9.15 Å². The Hall–Kier alpha value is -2.88. The van der Waals surface area contributed by atoms with Gasteiger partial charge in [-0.3, -0.25) is 4.79 Å². The first-order valence-electron chi connectivity index (χ1n) is 11.3. The fourth-order valence-electron chi connectivity index (χ4n) is 4.56. The summed E-state index contributed by atoms with van der Waals surface area (Å²) in [7, 11) is 0. The van der Waals surface area contributed by atoms with E-state index < -0.39 is 0 Å². The highest BCUT2D eigenvalue weighted by Gasteiger charge is 2.28. The van der Waals surface area contributed by atoms with E-state index in [-0.39, 0.29) is 5.78 Å². The number of hydrogen-bond acceptors (Lipinski definition) is 4. The zero-order valence-electron chi connectivity index (χ0n) is 18.9. The molecule has 1 aliphatic rings. The van der Waals surface area contributed by atoms with Crippen LogP contribution in [0.4, 0.5) is 0 Å². The van der Waals surface area contributed by atoms with Gasteiger partial charge in [-0.05, 0) is 73.9 Å². The van der Waals surface area contributed by atoms with Crippen LogP contribution in [0.2, 0.25) is 0 Å². The Balaban J connectivity index is 1.49. The molecule has 162 valence electrons. The lowest BCUT2D eigenvalue weighted by atomic mass is 9.86. The summed E-state index contributed by atoms with van der Waals surface area (Å²) in [5.74, 6) is 3.35. The molecular weight excluding hydrogens is 386 g/mol. The van der Waals surface area contributed by atoms with Crippen molar-refractivity contribution >= 4 is 5.78 Å². The largest absolute Gasteiger partial charge is 0.492 e. The molecule has 0 aliphatic heterocycles. The van der Waals surface area contributed by atoms with Crippen molar-refractivity contribution in [2.24, 2.45) is 5.92 Å². The summed E-state index contributed by atoms with van der Waals surface area (Å²) in [5.41, 5.74) is 5.21. The van der Waals surface area contributed by atoms with Crippen LogP contribution in [0.5, 0.6) is 5.75 Å². The molecule has 0 spiro atoms. The van der Waals surface area contributed by atoms with E-state index >= 15 is 0 Å². The molecule has 0 saturated carbocycles. The first-order valence-corrected chi connectivity index (χ1v) is 11.3. The molecule has 0 N–H and O–H groups in total. The predicted molar refractivity (Wildman–Crippen MR) is 123 cm³/mol. The van der Waals surface area contributed by atoms with E-state index in [1.165, 1.54) is 11.1 Å². The molecule has 2 unspecified atom stereocenters. The van der Waals surface area contributed by atoms with Crippen LogP contribution >= 0.6 is 0 Å². The Bertz CT molecular complexity index is 1070. The summed E-state index contributed by atoms with van der Waals surface area (Å²) in [6.45, 7) is 8.55. The van der Waals surface area contributed by atoms with E-state index in [4.69, 9.17) is 9.15 Å². The molecular formula is C27H31NO3. The van der Waals surface area contributed by atoms with Gasteiger partial charge in [-0.2, -0.15) is 0 Å². The van der Waals surface area contributed by atoms with E-state index in [9.17, 15) is 4.79 Å². The molecule has 1 aromatic heterocycles. The topological polar surface area (TPSA) is 52.3 Å². The van der Waals surface area contributed by atoms with E-state index in [1.807, 2.05) is 37.3 Å². The molecule has 31 heavy (non-hydrogen) atoms. The molecule has 3 aromatic rings. The van der Waals surface area contributed by atoms with Crippen molar-refractivity contribution in [2.75, 3.05) is 6.61 Å². The number of hydrogen-bond donors (Lipinski definition) is 0. The van der Waals surface area contributed by atoms with Gasteiger partial charge in [-0.15, -0.1) is 0 Å². The average Bonchev–Trinajstić information content (AvgIpc) is 3.36.